The van der Waals surface area contributed by atoms with Crippen LogP contribution in [0, 0.1) is 12.7 Å². The number of ether oxygens (including phenoxy) is 1. The maximum Gasteiger partial charge on any atom is 0.252 e. The topological polar surface area (TPSA) is 88.9 Å². The summed E-state index contributed by atoms with van der Waals surface area (Å²) < 4.78 is 21.0. The van der Waals surface area contributed by atoms with Gasteiger partial charge in [-0.15, -0.1) is 5.10 Å². The van der Waals surface area contributed by atoms with Crippen molar-refractivity contribution in [1.29, 1.82) is 0 Å². The number of aromatic amines is 1. The number of tetrazole rings is 1. The fourth-order valence-electron chi connectivity index (χ4n) is 4.46. The minimum Gasteiger partial charge on any atom is -0.376 e. The highest BCUT2D eigenvalue weighted by atomic mass is 19.1. The van der Waals surface area contributed by atoms with E-state index in [-0.39, 0.29) is 17.5 Å². The highest BCUT2D eigenvalue weighted by Crippen LogP contribution is 2.19. The van der Waals surface area contributed by atoms with E-state index in [4.69, 9.17) is 4.74 Å². The third-order valence-corrected chi connectivity index (χ3v) is 6.25. The largest absolute Gasteiger partial charge is 0.376 e. The van der Waals surface area contributed by atoms with Crippen LogP contribution in [0.3, 0.4) is 0 Å². The maximum absolute atomic E-state index is 13.5. The van der Waals surface area contributed by atoms with Crippen molar-refractivity contribution < 1.29 is 9.13 Å². The molecule has 8 nitrogen and oxygen atoms in total. The van der Waals surface area contributed by atoms with Crippen molar-refractivity contribution in [2.45, 2.75) is 52.0 Å². The van der Waals surface area contributed by atoms with Gasteiger partial charge in [-0.3, -0.25) is 9.69 Å². The molecule has 0 amide bonds. The van der Waals surface area contributed by atoms with Gasteiger partial charge in [0.05, 0.1) is 24.7 Å². The van der Waals surface area contributed by atoms with Crippen LogP contribution in [0.25, 0.3) is 10.9 Å². The predicted octanol–water partition coefficient (Wildman–Crippen LogP) is 3.34. The van der Waals surface area contributed by atoms with Gasteiger partial charge in [0.1, 0.15) is 5.82 Å². The first kappa shape index (κ1) is 22.4. The fraction of sp³-hybridized carbons (Fsp3) is 0.360. The summed E-state index contributed by atoms with van der Waals surface area (Å²) in [6.45, 7) is 4.68. The molecule has 0 radical (unpaired) electrons. The van der Waals surface area contributed by atoms with Crippen LogP contribution in [-0.2, 0) is 30.9 Å². The quantitative estimate of drug-likeness (QED) is 0.432. The summed E-state index contributed by atoms with van der Waals surface area (Å²) in [6.07, 6.45) is 2.15. The molecule has 0 spiro atoms. The molecule has 1 saturated heterocycles. The molecule has 1 aliphatic rings. The monoisotopic (exact) mass is 462 g/mol. The summed E-state index contributed by atoms with van der Waals surface area (Å²) in [5.74, 6) is 0.419. The third-order valence-electron chi connectivity index (χ3n) is 6.25. The van der Waals surface area contributed by atoms with Crippen LogP contribution in [0.1, 0.15) is 35.4 Å². The first-order chi connectivity index (χ1) is 16.5. The number of hydrogen-bond acceptors (Lipinski definition) is 6. The number of nitrogens with zero attached hydrogens (tertiary/aromatic N) is 5. The van der Waals surface area contributed by atoms with Crippen LogP contribution in [0.2, 0.25) is 0 Å². The molecule has 0 saturated carbocycles. The summed E-state index contributed by atoms with van der Waals surface area (Å²) in [5, 5.41) is 13.3. The number of aryl methyl sites for hydroxylation is 1. The van der Waals surface area contributed by atoms with Crippen LogP contribution < -0.4 is 5.56 Å². The van der Waals surface area contributed by atoms with Crippen molar-refractivity contribution >= 4 is 10.9 Å². The smallest absolute Gasteiger partial charge is 0.252 e. The fourth-order valence-corrected chi connectivity index (χ4v) is 4.46. The molecule has 1 atom stereocenters. The Morgan fingerprint density at radius 2 is 2.03 bits per heavy atom. The van der Waals surface area contributed by atoms with E-state index in [1.165, 1.54) is 12.1 Å². The van der Waals surface area contributed by atoms with Crippen LogP contribution >= 0.6 is 0 Å². The molecule has 0 aliphatic carbocycles. The second-order valence-electron chi connectivity index (χ2n) is 8.85. The predicted molar refractivity (Wildman–Crippen MR) is 125 cm³/mol. The zero-order valence-electron chi connectivity index (χ0n) is 19.1. The Bertz CT molecular complexity index is 1330. The normalized spacial score (nSPS) is 16.0. The van der Waals surface area contributed by atoms with E-state index in [2.05, 4.69) is 25.4 Å². The van der Waals surface area contributed by atoms with Crippen molar-refractivity contribution in [2.75, 3.05) is 6.61 Å². The number of benzene rings is 2. The SMILES string of the molecule is Cc1cccc2cc(CN(Cc3ccc(F)cc3)Cc3nnnn3C[C@H]3CCCO3)c(=O)[nH]c12. The van der Waals surface area contributed by atoms with E-state index < -0.39 is 0 Å². The second kappa shape index (κ2) is 9.82. The van der Waals surface area contributed by atoms with Crippen molar-refractivity contribution in [3.05, 3.63) is 87.2 Å². The third kappa shape index (κ3) is 5.05. The molecule has 1 aliphatic heterocycles. The number of para-hydroxylation sites is 1. The van der Waals surface area contributed by atoms with E-state index in [9.17, 15) is 9.18 Å². The number of rotatable bonds is 8. The Labute approximate surface area is 196 Å². The number of H-pyrrole nitrogens is 1. The van der Waals surface area contributed by atoms with Gasteiger partial charge < -0.3 is 9.72 Å². The highest BCUT2D eigenvalue weighted by molar-refractivity contribution is 5.81. The number of pyridine rings is 1. The van der Waals surface area contributed by atoms with E-state index in [1.54, 1.807) is 16.8 Å². The first-order valence-corrected chi connectivity index (χ1v) is 11.5. The van der Waals surface area contributed by atoms with Crippen molar-refractivity contribution in [3.63, 3.8) is 0 Å². The molecule has 1 fully saturated rings. The summed E-state index contributed by atoms with van der Waals surface area (Å²) in [5.41, 5.74) is 3.34. The molecule has 0 bridgehead atoms. The Morgan fingerprint density at radius 1 is 1.18 bits per heavy atom. The highest BCUT2D eigenvalue weighted by Gasteiger charge is 2.21. The van der Waals surface area contributed by atoms with Gasteiger partial charge in [0.15, 0.2) is 5.82 Å². The molecule has 34 heavy (non-hydrogen) atoms. The molecule has 1 N–H and O–H groups in total. The lowest BCUT2D eigenvalue weighted by atomic mass is 10.1. The lowest BCUT2D eigenvalue weighted by Crippen LogP contribution is -2.29. The van der Waals surface area contributed by atoms with Crippen LogP contribution in [-0.4, -0.2) is 42.8 Å². The molecular formula is C25H27FN6O2. The molecular weight excluding hydrogens is 435 g/mol. The van der Waals surface area contributed by atoms with Gasteiger partial charge in [0.2, 0.25) is 0 Å². The van der Waals surface area contributed by atoms with Crippen molar-refractivity contribution in [2.24, 2.45) is 0 Å². The maximum atomic E-state index is 13.5. The molecule has 2 aromatic carbocycles. The molecule has 3 heterocycles. The van der Waals surface area contributed by atoms with E-state index in [0.29, 0.717) is 37.6 Å². The van der Waals surface area contributed by atoms with Gasteiger partial charge >= 0.3 is 0 Å². The Kier molecular flexibility index (Phi) is 6.46. The number of hydrogen-bond donors (Lipinski definition) is 1. The van der Waals surface area contributed by atoms with Gasteiger partial charge in [-0.25, -0.2) is 9.07 Å². The minimum absolute atomic E-state index is 0.111. The van der Waals surface area contributed by atoms with E-state index in [0.717, 1.165) is 41.5 Å². The van der Waals surface area contributed by atoms with E-state index in [1.807, 2.05) is 31.2 Å². The minimum atomic E-state index is -0.280. The second-order valence-corrected chi connectivity index (χ2v) is 8.85. The summed E-state index contributed by atoms with van der Waals surface area (Å²) in [6, 6.07) is 14.3. The molecule has 0 unspecified atom stereocenters. The molecule has 5 rings (SSSR count). The number of halogens is 1. The number of aromatic nitrogens is 5. The lowest BCUT2D eigenvalue weighted by Gasteiger charge is -2.22. The lowest BCUT2D eigenvalue weighted by molar-refractivity contribution is 0.0914. The van der Waals surface area contributed by atoms with Crippen LogP contribution in [0.15, 0.2) is 53.3 Å². The molecule has 176 valence electrons. The Balaban J connectivity index is 1.42. The average molecular weight is 463 g/mol. The Morgan fingerprint density at radius 3 is 2.82 bits per heavy atom. The standard InChI is InChI=1S/C25H27FN6O2/c1-17-4-2-5-19-12-20(25(33)27-24(17)19)14-31(13-18-7-9-21(26)10-8-18)16-23-28-29-30-32(23)15-22-6-3-11-34-22/h2,4-5,7-10,12,22H,3,6,11,13-16H2,1H3,(H,27,33)/t22-/m1/s1. The van der Waals surface area contributed by atoms with Crippen LogP contribution in [0.4, 0.5) is 4.39 Å². The van der Waals surface area contributed by atoms with Gasteiger partial charge in [-0.05, 0) is 64.9 Å². The van der Waals surface area contributed by atoms with Crippen molar-refractivity contribution in [3.8, 4) is 0 Å². The van der Waals surface area contributed by atoms with Gasteiger partial charge in [-0.1, -0.05) is 30.3 Å². The van der Waals surface area contributed by atoms with Gasteiger partial charge in [-0.2, -0.15) is 0 Å². The Hall–Kier alpha value is -3.43. The van der Waals surface area contributed by atoms with Gasteiger partial charge in [0.25, 0.3) is 5.56 Å². The zero-order valence-corrected chi connectivity index (χ0v) is 19.1. The summed E-state index contributed by atoms with van der Waals surface area (Å²) >= 11 is 0. The number of fused-ring (bicyclic) bond motifs is 1. The zero-order chi connectivity index (χ0) is 23.5. The molecule has 4 aromatic rings. The van der Waals surface area contributed by atoms with Crippen LogP contribution in [0.5, 0.6) is 0 Å². The molecule has 9 heteroatoms. The first-order valence-electron chi connectivity index (χ1n) is 11.5. The summed E-state index contributed by atoms with van der Waals surface area (Å²) in [4.78, 5) is 18.0. The summed E-state index contributed by atoms with van der Waals surface area (Å²) in [7, 11) is 0. The van der Waals surface area contributed by atoms with Gasteiger partial charge in [0, 0.05) is 25.3 Å². The van der Waals surface area contributed by atoms with E-state index >= 15 is 0 Å². The van der Waals surface area contributed by atoms with Crippen molar-refractivity contribution in [1.82, 2.24) is 30.1 Å². The number of nitrogens with one attached hydrogen (secondary N) is 1. The molecule has 2 aromatic heterocycles. The average Bonchev–Trinajstić information content (AvgIpc) is 3.49.